The number of aromatic nitrogens is 3. The fourth-order valence-corrected chi connectivity index (χ4v) is 2.88. The van der Waals surface area contributed by atoms with Crippen LogP contribution in [0.15, 0.2) is 72.9 Å². The molecular formula is C20H18N4. The number of hydrogen-bond acceptors (Lipinski definition) is 3. The monoisotopic (exact) mass is 314 g/mol. The number of hydrogen-bond donors (Lipinski definition) is 1. The van der Waals surface area contributed by atoms with E-state index in [2.05, 4.69) is 74.7 Å². The van der Waals surface area contributed by atoms with Crippen LogP contribution < -0.4 is 4.90 Å². The van der Waals surface area contributed by atoms with E-state index < -0.39 is 0 Å². The number of benzene rings is 2. The van der Waals surface area contributed by atoms with Crippen molar-refractivity contribution in [2.75, 3.05) is 4.90 Å². The first-order valence-electron chi connectivity index (χ1n) is 7.98. The van der Waals surface area contributed by atoms with Gasteiger partial charge in [-0.2, -0.15) is 5.10 Å². The van der Waals surface area contributed by atoms with Gasteiger partial charge in [-0.15, -0.1) is 0 Å². The zero-order chi connectivity index (χ0) is 16.4. The molecule has 2 heterocycles. The van der Waals surface area contributed by atoms with Crippen LogP contribution in [0.25, 0.3) is 11.0 Å². The van der Waals surface area contributed by atoms with E-state index in [0.29, 0.717) is 0 Å². The Hall–Kier alpha value is -3.14. The number of H-pyrrole nitrogens is 1. The van der Waals surface area contributed by atoms with Crippen LogP contribution in [-0.2, 0) is 6.54 Å². The summed E-state index contributed by atoms with van der Waals surface area (Å²) in [4.78, 5) is 6.76. The summed E-state index contributed by atoms with van der Waals surface area (Å²) in [5.41, 5.74) is 5.28. The van der Waals surface area contributed by atoms with Gasteiger partial charge in [-0.3, -0.25) is 5.10 Å². The highest BCUT2D eigenvalue weighted by atomic mass is 15.2. The molecule has 118 valence electrons. The van der Waals surface area contributed by atoms with Crippen molar-refractivity contribution in [2.24, 2.45) is 0 Å². The molecule has 0 unspecified atom stereocenters. The molecule has 0 aliphatic rings. The number of para-hydroxylation sites is 2. The van der Waals surface area contributed by atoms with Crippen molar-refractivity contribution in [3.05, 3.63) is 84.2 Å². The molecule has 0 saturated heterocycles. The Balaban J connectivity index is 1.74. The molecule has 0 atom stereocenters. The van der Waals surface area contributed by atoms with Crippen molar-refractivity contribution in [3.8, 4) is 0 Å². The maximum atomic E-state index is 4.47. The topological polar surface area (TPSA) is 44.8 Å². The predicted molar refractivity (Wildman–Crippen MR) is 97.4 cm³/mol. The Bertz CT molecular complexity index is 906. The minimum atomic E-state index is 0.752. The summed E-state index contributed by atoms with van der Waals surface area (Å²) < 4.78 is 0. The molecule has 0 saturated carbocycles. The summed E-state index contributed by atoms with van der Waals surface area (Å²) in [6, 6.07) is 23.0. The summed E-state index contributed by atoms with van der Waals surface area (Å²) in [5.74, 6) is 0. The van der Waals surface area contributed by atoms with Crippen LogP contribution in [0.3, 0.4) is 0 Å². The van der Waals surface area contributed by atoms with Crippen molar-refractivity contribution >= 4 is 22.4 Å². The molecule has 0 aliphatic heterocycles. The highest BCUT2D eigenvalue weighted by Crippen LogP contribution is 2.27. The number of rotatable bonds is 4. The Morgan fingerprint density at radius 2 is 1.54 bits per heavy atom. The van der Waals surface area contributed by atoms with E-state index in [-0.39, 0.29) is 0 Å². The third-order valence-corrected chi connectivity index (χ3v) is 4.13. The van der Waals surface area contributed by atoms with Crippen molar-refractivity contribution in [1.29, 1.82) is 0 Å². The maximum Gasteiger partial charge on any atom is 0.181 e. The van der Waals surface area contributed by atoms with Gasteiger partial charge in [0.15, 0.2) is 5.65 Å². The first-order valence-corrected chi connectivity index (χ1v) is 7.98. The highest BCUT2D eigenvalue weighted by molar-refractivity contribution is 5.78. The molecule has 0 fully saturated rings. The van der Waals surface area contributed by atoms with Crippen LogP contribution in [0.1, 0.15) is 11.3 Å². The van der Waals surface area contributed by atoms with E-state index in [0.717, 1.165) is 40.2 Å². The molecule has 4 aromatic rings. The van der Waals surface area contributed by atoms with E-state index in [9.17, 15) is 0 Å². The normalized spacial score (nSPS) is 10.9. The maximum absolute atomic E-state index is 4.47. The minimum Gasteiger partial charge on any atom is -0.337 e. The molecule has 2 aromatic carbocycles. The molecule has 4 heteroatoms. The summed E-state index contributed by atoms with van der Waals surface area (Å²) in [6.07, 6.45) is 1.90. The van der Waals surface area contributed by atoms with Crippen molar-refractivity contribution < 1.29 is 0 Å². The molecule has 24 heavy (non-hydrogen) atoms. The molecule has 1 N–H and O–H groups in total. The van der Waals surface area contributed by atoms with Crippen LogP contribution in [0, 0.1) is 6.92 Å². The third-order valence-electron chi connectivity index (χ3n) is 4.13. The standard InChI is InChI=1S/C20H18N4/c1-15-19-12-16(13-21-20(19)23-22-15)14-24(17-8-4-2-5-9-17)18-10-6-3-7-11-18/h2-13H,14H2,1H3,(H,21,22,23). The molecule has 0 radical (unpaired) electrons. The molecule has 0 aliphatic carbocycles. The van der Waals surface area contributed by atoms with Crippen molar-refractivity contribution in [1.82, 2.24) is 15.2 Å². The van der Waals surface area contributed by atoms with E-state index in [1.807, 2.05) is 25.3 Å². The summed E-state index contributed by atoms with van der Waals surface area (Å²) >= 11 is 0. The lowest BCUT2D eigenvalue weighted by Gasteiger charge is -2.25. The number of nitrogens with zero attached hydrogens (tertiary/aromatic N) is 3. The Kier molecular flexibility index (Phi) is 3.71. The van der Waals surface area contributed by atoms with E-state index >= 15 is 0 Å². The first kappa shape index (κ1) is 14.5. The molecule has 4 rings (SSSR count). The van der Waals surface area contributed by atoms with Gasteiger partial charge in [0.25, 0.3) is 0 Å². The summed E-state index contributed by atoms with van der Waals surface area (Å²) in [6.45, 7) is 2.77. The summed E-state index contributed by atoms with van der Waals surface area (Å²) in [5, 5.41) is 8.28. The second-order valence-corrected chi connectivity index (χ2v) is 5.82. The largest absolute Gasteiger partial charge is 0.337 e. The zero-order valence-electron chi connectivity index (χ0n) is 13.5. The SMILES string of the molecule is Cc1[nH]nc2ncc(CN(c3ccccc3)c3ccccc3)cc12. The van der Waals surface area contributed by atoms with E-state index in [1.54, 1.807) is 0 Å². The average Bonchev–Trinajstić information content (AvgIpc) is 3.02. The number of aromatic amines is 1. The zero-order valence-corrected chi connectivity index (χ0v) is 13.5. The molecular weight excluding hydrogens is 296 g/mol. The third kappa shape index (κ3) is 2.74. The molecule has 4 nitrogen and oxygen atoms in total. The fraction of sp³-hybridized carbons (Fsp3) is 0.100. The Morgan fingerprint density at radius 1 is 0.917 bits per heavy atom. The van der Waals surface area contributed by atoms with Gasteiger partial charge in [-0.25, -0.2) is 4.98 Å². The average molecular weight is 314 g/mol. The van der Waals surface area contributed by atoms with Crippen LogP contribution in [0.5, 0.6) is 0 Å². The van der Waals surface area contributed by atoms with Gasteiger partial charge >= 0.3 is 0 Å². The quantitative estimate of drug-likeness (QED) is 0.598. The van der Waals surface area contributed by atoms with E-state index in [4.69, 9.17) is 0 Å². The van der Waals surface area contributed by atoms with Gasteiger partial charge in [0.2, 0.25) is 0 Å². The first-order chi connectivity index (χ1) is 11.8. The number of aryl methyl sites for hydroxylation is 1. The second-order valence-electron chi connectivity index (χ2n) is 5.82. The van der Waals surface area contributed by atoms with Crippen LogP contribution in [0.2, 0.25) is 0 Å². The lowest BCUT2D eigenvalue weighted by molar-refractivity contribution is 0.968. The van der Waals surface area contributed by atoms with E-state index in [1.165, 1.54) is 0 Å². The lowest BCUT2D eigenvalue weighted by atomic mass is 10.1. The van der Waals surface area contributed by atoms with Crippen LogP contribution in [-0.4, -0.2) is 15.2 Å². The van der Waals surface area contributed by atoms with Gasteiger partial charge in [0.1, 0.15) is 0 Å². The number of nitrogens with one attached hydrogen (secondary N) is 1. The summed E-state index contributed by atoms with van der Waals surface area (Å²) in [7, 11) is 0. The van der Waals surface area contributed by atoms with Gasteiger partial charge in [0.05, 0.1) is 0 Å². The number of fused-ring (bicyclic) bond motifs is 1. The van der Waals surface area contributed by atoms with Crippen LogP contribution in [0.4, 0.5) is 11.4 Å². The number of anilines is 2. The fourth-order valence-electron chi connectivity index (χ4n) is 2.88. The number of pyridine rings is 1. The predicted octanol–water partition coefficient (Wildman–Crippen LogP) is 4.60. The second kappa shape index (κ2) is 6.16. The van der Waals surface area contributed by atoms with Crippen LogP contribution >= 0.6 is 0 Å². The molecule has 2 aromatic heterocycles. The van der Waals surface area contributed by atoms with Crippen molar-refractivity contribution in [2.45, 2.75) is 13.5 Å². The lowest BCUT2D eigenvalue weighted by Crippen LogP contribution is -2.16. The van der Waals surface area contributed by atoms with Crippen molar-refractivity contribution in [3.63, 3.8) is 0 Å². The van der Waals surface area contributed by atoms with Gasteiger partial charge in [0, 0.05) is 35.2 Å². The minimum absolute atomic E-state index is 0.752. The van der Waals surface area contributed by atoms with Gasteiger partial charge in [-0.1, -0.05) is 36.4 Å². The van der Waals surface area contributed by atoms with Gasteiger partial charge < -0.3 is 4.90 Å². The Morgan fingerprint density at radius 3 is 2.17 bits per heavy atom. The van der Waals surface area contributed by atoms with Gasteiger partial charge in [-0.05, 0) is 42.8 Å². The highest BCUT2D eigenvalue weighted by Gasteiger charge is 2.11. The smallest absolute Gasteiger partial charge is 0.181 e. The molecule has 0 spiro atoms. The molecule has 0 bridgehead atoms. The Labute approximate surface area is 140 Å². The molecule has 0 amide bonds.